The molecule has 3 heterocycles. The fourth-order valence-corrected chi connectivity index (χ4v) is 3.75. The lowest BCUT2D eigenvalue weighted by Gasteiger charge is -2.14. The highest BCUT2D eigenvalue weighted by atomic mass is 19.1. The molecule has 0 unspecified atom stereocenters. The van der Waals surface area contributed by atoms with E-state index in [0.29, 0.717) is 5.56 Å². The highest BCUT2D eigenvalue weighted by Gasteiger charge is 2.24. The van der Waals surface area contributed by atoms with E-state index in [4.69, 9.17) is 0 Å². The maximum absolute atomic E-state index is 13.3. The maximum Gasteiger partial charge on any atom is 0.332 e. The minimum atomic E-state index is -0.636. The topological polar surface area (TPSA) is 104 Å². The van der Waals surface area contributed by atoms with E-state index in [0.717, 1.165) is 4.57 Å². The summed E-state index contributed by atoms with van der Waals surface area (Å²) in [6.45, 7) is 3.86. The van der Waals surface area contributed by atoms with Crippen LogP contribution in [0.5, 0.6) is 5.88 Å². The number of hydrogen-bond acceptors (Lipinski definition) is 5. The van der Waals surface area contributed by atoms with E-state index in [9.17, 15) is 23.9 Å². The third kappa shape index (κ3) is 3.15. The van der Waals surface area contributed by atoms with Gasteiger partial charge in [0.15, 0.2) is 11.2 Å². The quantitative estimate of drug-likeness (QED) is 0.526. The van der Waals surface area contributed by atoms with Gasteiger partial charge in [-0.1, -0.05) is 26.0 Å². The highest BCUT2D eigenvalue weighted by molar-refractivity contribution is 5.76. The van der Waals surface area contributed by atoms with Gasteiger partial charge in [0.25, 0.3) is 11.1 Å². The Hall–Kier alpha value is -3.69. The molecular weight excluding hydrogens is 405 g/mol. The molecule has 1 aromatic carbocycles. The monoisotopic (exact) mass is 427 g/mol. The third-order valence-corrected chi connectivity index (χ3v) is 5.33. The Morgan fingerprint density at radius 2 is 1.68 bits per heavy atom. The van der Waals surface area contributed by atoms with Crippen molar-refractivity contribution >= 4 is 16.9 Å². The molecule has 31 heavy (non-hydrogen) atoms. The molecule has 0 bridgehead atoms. The number of fused-ring (bicyclic) bond motifs is 3. The molecule has 0 aliphatic heterocycles. The molecule has 0 aliphatic rings. The van der Waals surface area contributed by atoms with Gasteiger partial charge in [0.2, 0.25) is 11.7 Å². The molecule has 1 N–H and O–H groups in total. The molecule has 3 aromatic heterocycles. The van der Waals surface area contributed by atoms with Crippen LogP contribution in [0.25, 0.3) is 16.9 Å². The summed E-state index contributed by atoms with van der Waals surface area (Å²) in [5.41, 5.74) is -0.841. The predicted octanol–water partition coefficient (Wildman–Crippen LogP) is 1.14. The first-order chi connectivity index (χ1) is 14.6. The predicted molar refractivity (Wildman–Crippen MR) is 113 cm³/mol. The summed E-state index contributed by atoms with van der Waals surface area (Å²) >= 11 is 0. The number of benzene rings is 1. The largest absolute Gasteiger partial charge is 0.494 e. The molecule has 9 nitrogen and oxygen atoms in total. The molecule has 0 amide bonds. The molecule has 10 heteroatoms. The number of imidazole rings is 1. The molecule has 0 aliphatic carbocycles. The molecule has 4 rings (SSSR count). The van der Waals surface area contributed by atoms with Crippen LogP contribution >= 0.6 is 0 Å². The van der Waals surface area contributed by atoms with Crippen LogP contribution in [0, 0.1) is 11.7 Å². The Balaban J connectivity index is 2.17. The van der Waals surface area contributed by atoms with E-state index in [1.165, 1.54) is 39.8 Å². The van der Waals surface area contributed by atoms with Gasteiger partial charge >= 0.3 is 5.69 Å². The molecule has 4 aromatic rings. The van der Waals surface area contributed by atoms with E-state index >= 15 is 0 Å². The minimum Gasteiger partial charge on any atom is -0.494 e. The number of aromatic hydroxyl groups is 1. The summed E-state index contributed by atoms with van der Waals surface area (Å²) in [5, 5.41) is 11.0. The Bertz CT molecular complexity index is 1510. The number of nitrogens with zero attached hydrogens (tertiary/aromatic N) is 5. The lowest BCUT2D eigenvalue weighted by Crippen LogP contribution is -2.37. The van der Waals surface area contributed by atoms with E-state index in [1.807, 2.05) is 13.8 Å². The standard InChI is InChI=1S/C21H22FN5O4/c1-11(2)9-14-17(28)26(10-12-5-7-13(22)8-6-12)20-23-16-15(27(20)18(14)29)19(30)25(4)21(31)24(16)3/h5-8,11,29H,9-10H2,1-4H3. The van der Waals surface area contributed by atoms with Crippen molar-refractivity contribution in [1.82, 2.24) is 23.1 Å². The first-order valence-electron chi connectivity index (χ1n) is 9.79. The average molecular weight is 427 g/mol. The fraction of sp³-hybridized carbons (Fsp3) is 0.333. The number of rotatable bonds is 4. The lowest BCUT2D eigenvalue weighted by atomic mass is 10.1. The summed E-state index contributed by atoms with van der Waals surface area (Å²) < 4.78 is 18.0. The van der Waals surface area contributed by atoms with Crippen LogP contribution in [0.15, 0.2) is 38.6 Å². The summed E-state index contributed by atoms with van der Waals surface area (Å²) in [6, 6.07) is 5.67. The molecule has 0 radical (unpaired) electrons. The van der Waals surface area contributed by atoms with Crippen LogP contribution in [0.2, 0.25) is 0 Å². The molecule has 0 fully saturated rings. The van der Waals surface area contributed by atoms with Gasteiger partial charge in [-0.2, -0.15) is 4.98 Å². The second-order valence-electron chi connectivity index (χ2n) is 8.04. The van der Waals surface area contributed by atoms with Gasteiger partial charge < -0.3 is 5.11 Å². The Kier molecular flexibility index (Phi) is 4.79. The van der Waals surface area contributed by atoms with E-state index in [-0.39, 0.29) is 47.3 Å². The van der Waals surface area contributed by atoms with Gasteiger partial charge in [-0.05, 0) is 30.0 Å². The Labute approximate surface area is 175 Å². The Morgan fingerprint density at radius 3 is 2.29 bits per heavy atom. The van der Waals surface area contributed by atoms with Crippen molar-refractivity contribution in [3.8, 4) is 5.88 Å². The van der Waals surface area contributed by atoms with Crippen molar-refractivity contribution in [3.05, 3.63) is 72.4 Å². The van der Waals surface area contributed by atoms with Crippen LogP contribution in [0.4, 0.5) is 4.39 Å². The zero-order chi connectivity index (χ0) is 22.6. The molecular formula is C21H22FN5O4. The zero-order valence-electron chi connectivity index (χ0n) is 17.6. The summed E-state index contributed by atoms with van der Waals surface area (Å²) in [6.07, 6.45) is 0.274. The van der Waals surface area contributed by atoms with E-state index in [2.05, 4.69) is 4.98 Å². The van der Waals surface area contributed by atoms with Crippen molar-refractivity contribution in [2.75, 3.05) is 0 Å². The molecule has 0 saturated heterocycles. The van der Waals surface area contributed by atoms with Gasteiger partial charge in [0, 0.05) is 14.1 Å². The second kappa shape index (κ2) is 7.22. The van der Waals surface area contributed by atoms with Crippen molar-refractivity contribution in [2.45, 2.75) is 26.8 Å². The van der Waals surface area contributed by atoms with Gasteiger partial charge in [-0.25, -0.2) is 13.6 Å². The van der Waals surface area contributed by atoms with E-state index < -0.39 is 22.6 Å². The van der Waals surface area contributed by atoms with Gasteiger partial charge in [-0.3, -0.25) is 23.3 Å². The fourth-order valence-electron chi connectivity index (χ4n) is 3.75. The van der Waals surface area contributed by atoms with Crippen molar-refractivity contribution in [3.63, 3.8) is 0 Å². The number of aromatic nitrogens is 5. The number of aryl methyl sites for hydroxylation is 1. The van der Waals surface area contributed by atoms with Gasteiger partial charge in [0.05, 0.1) is 12.1 Å². The normalized spacial score (nSPS) is 11.8. The van der Waals surface area contributed by atoms with Crippen molar-refractivity contribution in [2.24, 2.45) is 20.0 Å². The van der Waals surface area contributed by atoms with Gasteiger partial charge in [0.1, 0.15) is 5.82 Å². The highest BCUT2D eigenvalue weighted by Crippen LogP contribution is 2.23. The second-order valence-corrected chi connectivity index (χ2v) is 8.04. The maximum atomic E-state index is 13.3. The van der Waals surface area contributed by atoms with Crippen LogP contribution in [0.1, 0.15) is 25.0 Å². The average Bonchev–Trinajstić information content (AvgIpc) is 3.13. The SMILES string of the molecule is CC(C)Cc1c(O)n2c3c(=O)n(C)c(=O)n(C)c3nc2n(Cc2ccc(F)cc2)c1=O. The van der Waals surface area contributed by atoms with Crippen LogP contribution < -0.4 is 16.8 Å². The third-order valence-electron chi connectivity index (χ3n) is 5.33. The number of hydrogen-bond donors (Lipinski definition) is 1. The smallest absolute Gasteiger partial charge is 0.332 e. The first kappa shape index (κ1) is 20.6. The molecule has 0 atom stereocenters. The van der Waals surface area contributed by atoms with Crippen LogP contribution in [-0.2, 0) is 27.1 Å². The lowest BCUT2D eigenvalue weighted by molar-refractivity contribution is 0.428. The summed E-state index contributed by atoms with van der Waals surface area (Å²) in [4.78, 5) is 43.0. The minimum absolute atomic E-state index is 0.00466. The van der Waals surface area contributed by atoms with Crippen LogP contribution in [0.3, 0.4) is 0 Å². The molecule has 162 valence electrons. The van der Waals surface area contributed by atoms with Crippen LogP contribution in [-0.4, -0.2) is 28.2 Å². The Morgan fingerprint density at radius 1 is 1.03 bits per heavy atom. The van der Waals surface area contributed by atoms with Crippen molar-refractivity contribution < 1.29 is 9.50 Å². The number of halogens is 1. The van der Waals surface area contributed by atoms with Crippen molar-refractivity contribution in [1.29, 1.82) is 0 Å². The van der Waals surface area contributed by atoms with E-state index in [1.54, 1.807) is 12.1 Å². The summed E-state index contributed by atoms with van der Waals surface area (Å²) in [5.74, 6) is -0.704. The first-order valence-corrected chi connectivity index (χ1v) is 9.79. The molecule has 0 spiro atoms. The zero-order valence-corrected chi connectivity index (χ0v) is 17.6. The summed E-state index contributed by atoms with van der Waals surface area (Å²) in [7, 11) is 2.80. The van der Waals surface area contributed by atoms with Gasteiger partial charge in [-0.15, -0.1) is 0 Å². The molecule has 0 saturated carbocycles.